The van der Waals surface area contributed by atoms with Gasteiger partial charge in [0, 0.05) is 5.56 Å². The summed E-state index contributed by atoms with van der Waals surface area (Å²) in [4.78, 5) is 8.43. The van der Waals surface area contributed by atoms with Crippen LogP contribution in [-0.2, 0) is 0 Å². The molecule has 0 bridgehead atoms. The van der Waals surface area contributed by atoms with Crippen LogP contribution < -0.4 is 4.74 Å². The number of nitrogens with zero attached hydrogens (tertiary/aromatic N) is 4. The number of hydrogen-bond donors (Lipinski definition) is 0. The Labute approximate surface area is 125 Å². The number of ether oxygens (including phenoxy) is 1. The van der Waals surface area contributed by atoms with Crippen molar-refractivity contribution < 1.29 is 9.15 Å². The molecule has 0 saturated heterocycles. The molecule has 0 N–H and O–H groups in total. The average Bonchev–Trinajstić information content (AvgIpc) is 3.10. The number of hydrogen-bond acceptors (Lipinski definition) is 6. The quantitative estimate of drug-likeness (QED) is 0.575. The molecule has 2 aromatic carbocycles. The first-order valence-corrected chi connectivity index (χ1v) is 6.64. The highest BCUT2D eigenvalue weighted by Crippen LogP contribution is 2.28. The predicted molar refractivity (Wildman–Crippen MR) is 79.3 cm³/mol. The molecule has 0 radical (unpaired) electrons. The van der Waals surface area contributed by atoms with Crippen LogP contribution in [0.1, 0.15) is 0 Å². The van der Waals surface area contributed by atoms with Crippen molar-refractivity contribution in [3.8, 4) is 23.1 Å². The van der Waals surface area contributed by atoms with Crippen LogP contribution in [0.4, 0.5) is 0 Å². The Hall–Kier alpha value is -3.28. The van der Waals surface area contributed by atoms with Gasteiger partial charge in [0.25, 0.3) is 0 Å². The number of fused-ring (bicyclic) bond motifs is 1. The van der Waals surface area contributed by atoms with Crippen LogP contribution in [0.2, 0.25) is 0 Å². The maximum absolute atomic E-state index is 5.89. The highest BCUT2D eigenvalue weighted by atomic mass is 16.5. The second-order valence-corrected chi connectivity index (χ2v) is 4.57. The van der Waals surface area contributed by atoms with Gasteiger partial charge in [-0.25, -0.2) is 9.97 Å². The first-order valence-electron chi connectivity index (χ1n) is 6.64. The van der Waals surface area contributed by atoms with Crippen molar-refractivity contribution in [2.24, 2.45) is 0 Å². The van der Waals surface area contributed by atoms with E-state index in [9.17, 15) is 0 Å². The Balaban J connectivity index is 1.73. The zero-order valence-corrected chi connectivity index (χ0v) is 11.4. The summed E-state index contributed by atoms with van der Waals surface area (Å²) in [6.07, 6.45) is 2.78. The van der Waals surface area contributed by atoms with Gasteiger partial charge in [-0.15, -0.1) is 10.2 Å². The second-order valence-electron chi connectivity index (χ2n) is 4.57. The Morgan fingerprint density at radius 3 is 2.82 bits per heavy atom. The van der Waals surface area contributed by atoms with E-state index < -0.39 is 0 Å². The summed E-state index contributed by atoms with van der Waals surface area (Å²) in [7, 11) is 0. The molecule has 2 heterocycles. The van der Waals surface area contributed by atoms with E-state index in [2.05, 4.69) is 20.2 Å². The smallest absolute Gasteiger partial charge is 0.247 e. The largest absolute Gasteiger partial charge is 0.438 e. The number of aromatic nitrogens is 4. The minimum Gasteiger partial charge on any atom is -0.438 e. The van der Waals surface area contributed by atoms with Gasteiger partial charge in [0.15, 0.2) is 0 Å². The third-order valence-electron chi connectivity index (χ3n) is 3.16. The molecular formula is C16H10N4O2. The van der Waals surface area contributed by atoms with Crippen molar-refractivity contribution in [3.63, 3.8) is 0 Å². The van der Waals surface area contributed by atoms with Crippen LogP contribution in [0.5, 0.6) is 11.6 Å². The van der Waals surface area contributed by atoms with E-state index in [-0.39, 0.29) is 0 Å². The molecule has 4 rings (SSSR count). The van der Waals surface area contributed by atoms with Gasteiger partial charge in [0.05, 0.1) is 10.9 Å². The summed E-state index contributed by atoms with van der Waals surface area (Å²) in [5.74, 6) is 1.59. The highest BCUT2D eigenvalue weighted by molar-refractivity contribution is 5.83. The minimum absolute atomic E-state index is 0.443. The number of rotatable bonds is 3. The highest BCUT2D eigenvalue weighted by Gasteiger charge is 2.08. The molecular weight excluding hydrogens is 280 g/mol. The van der Waals surface area contributed by atoms with Gasteiger partial charge in [0.2, 0.25) is 18.2 Å². The average molecular weight is 290 g/mol. The normalized spacial score (nSPS) is 10.7. The van der Waals surface area contributed by atoms with Crippen molar-refractivity contribution in [1.29, 1.82) is 0 Å². The molecule has 0 fully saturated rings. The van der Waals surface area contributed by atoms with Crippen LogP contribution in [0.3, 0.4) is 0 Å². The SMILES string of the molecule is c1cc(Oc2ncnc3ccccc23)cc(-c2nnco2)c1. The summed E-state index contributed by atoms with van der Waals surface area (Å²) < 4.78 is 11.1. The Kier molecular flexibility index (Phi) is 2.97. The summed E-state index contributed by atoms with van der Waals surface area (Å²) >= 11 is 0. The van der Waals surface area contributed by atoms with Crippen molar-refractivity contribution in [3.05, 3.63) is 61.3 Å². The number of para-hydroxylation sites is 1. The van der Waals surface area contributed by atoms with E-state index >= 15 is 0 Å². The van der Waals surface area contributed by atoms with Crippen molar-refractivity contribution >= 4 is 10.9 Å². The van der Waals surface area contributed by atoms with Crippen molar-refractivity contribution in [1.82, 2.24) is 20.2 Å². The van der Waals surface area contributed by atoms with Crippen LogP contribution in [-0.4, -0.2) is 20.2 Å². The van der Waals surface area contributed by atoms with Crippen LogP contribution in [0.15, 0.2) is 65.7 Å². The maximum Gasteiger partial charge on any atom is 0.247 e. The molecule has 0 atom stereocenters. The molecule has 0 aliphatic heterocycles. The molecule has 106 valence electrons. The van der Waals surface area contributed by atoms with E-state index in [1.807, 2.05) is 48.5 Å². The van der Waals surface area contributed by atoms with Crippen LogP contribution in [0.25, 0.3) is 22.4 Å². The van der Waals surface area contributed by atoms with Gasteiger partial charge in [-0.2, -0.15) is 0 Å². The van der Waals surface area contributed by atoms with Crippen molar-refractivity contribution in [2.45, 2.75) is 0 Å². The molecule has 22 heavy (non-hydrogen) atoms. The molecule has 0 aliphatic rings. The Bertz CT molecular complexity index is 917. The first kappa shape index (κ1) is 12.5. The van der Waals surface area contributed by atoms with Crippen LogP contribution >= 0.6 is 0 Å². The fourth-order valence-corrected chi connectivity index (χ4v) is 2.16. The molecule has 0 unspecified atom stereocenters. The van der Waals surface area contributed by atoms with Gasteiger partial charge < -0.3 is 9.15 Å². The predicted octanol–water partition coefficient (Wildman–Crippen LogP) is 3.47. The Morgan fingerprint density at radius 1 is 0.955 bits per heavy atom. The van der Waals surface area contributed by atoms with Gasteiger partial charge in [0.1, 0.15) is 12.1 Å². The fourth-order valence-electron chi connectivity index (χ4n) is 2.16. The molecule has 2 aromatic heterocycles. The van der Waals surface area contributed by atoms with Crippen molar-refractivity contribution in [2.75, 3.05) is 0 Å². The van der Waals surface area contributed by atoms with E-state index in [1.165, 1.54) is 12.7 Å². The molecule has 0 aliphatic carbocycles. The molecule has 4 aromatic rings. The summed E-state index contributed by atoms with van der Waals surface area (Å²) in [6.45, 7) is 0. The molecule has 0 amide bonds. The molecule has 0 saturated carbocycles. The third kappa shape index (κ3) is 2.26. The maximum atomic E-state index is 5.89. The molecule has 6 heteroatoms. The van der Waals surface area contributed by atoms with E-state index in [1.54, 1.807) is 0 Å². The fraction of sp³-hybridized carbons (Fsp3) is 0. The topological polar surface area (TPSA) is 73.9 Å². The van der Waals surface area contributed by atoms with Crippen LogP contribution in [0, 0.1) is 0 Å². The first-order chi connectivity index (χ1) is 10.9. The Morgan fingerprint density at radius 2 is 1.91 bits per heavy atom. The van der Waals surface area contributed by atoms with E-state index in [4.69, 9.17) is 9.15 Å². The lowest BCUT2D eigenvalue weighted by Gasteiger charge is -2.07. The van der Waals surface area contributed by atoms with E-state index in [0.717, 1.165) is 16.5 Å². The van der Waals surface area contributed by atoms with Gasteiger partial charge in [-0.1, -0.05) is 18.2 Å². The monoisotopic (exact) mass is 290 g/mol. The van der Waals surface area contributed by atoms with Gasteiger partial charge in [-0.3, -0.25) is 0 Å². The second kappa shape index (κ2) is 5.25. The lowest BCUT2D eigenvalue weighted by Crippen LogP contribution is -1.91. The lowest BCUT2D eigenvalue weighted by atomic mass is 10.2. The number of benzene rings is 2. The van der Waals surface area contributed by atoms with Gasteiger partial charge >= 0.3 is 0 Å². The summed E-state index contributed by atoms with van der Waals surface area (Å²) in [5.41, 5.74) is 1.62. The molecule has 6 nitrogen and oxygen atoms in total. The molecule has 0 spiro atoms. The van der Waals surface area contributed by atoms with E-state index in [0.29, 0.717) is 17.5 Å². The zero-order chi connectivity index (χ0) is 14.8. The standard InChI is InChI=1S/C16H10N4O2/c1-2-7-14-13(6-1)16(18-9-17-14)22-12-5-3-4-11(8-12)15-20-19-10-21-15/h1-10H. The minimum atomic E-state index is 0.443. The third-order valence-corrected chi connectivity index (χ3v) is 3.16. The zero-order valence-electron chi connectivity index (χ0n) is 11.4. The summed E-state index contributed by atoms with van der Waals surface area (Å²) in [6, 6.07) is 15.1. The summed E-state index contributed by atoms with van der Waals surface area (Å²) in [5, 5.41) is 8.42. The lowest BCUT2D eigenvalue weighted by molar-refractivity contribution is 0.468. The van der Waals surface area contributed by atoms with Gasteiger partial charge in [-0.05, 0) is 30.3 Å².